The molecule has 0 bridgehead atoms. The van der Waals surface area contributed by atoms with Crippen LogP contribution in [0.5, 0.6) is 0 Å². The molecule has 0 unspecified atom stereocenters. The summed E-state index contributed by atoms with van der Waals surface area (Å²) in [7, 11) is 3.98. The third kappa shape index (κ3) is 7.60. The largest absolute Gasteiger partial charge is 0.396 e. The van der Waals surface area contributed by atoms with Gasteiger partial charge in [0, 0.05) is 23.7 Å². The van der Waals surface area contributed by atoms with Crippen LogP contribution in [0.25, 0.3) is 0 Å². The first-order valence-corrected chi connectivity index (χ1v) is 9.10. The average Bonchev–Trinajstić information content (AvgIpc) is 2.29. The number of nitrogens with zero attached hydrogens (tertiary/aromatic N) is 1. The van der Waals surface area contributed by atoms with Crippen LogP contribution in [0.4, 0.5) is 0 Å². The van der Waals surface area contributed by atoms with Gasteiger partial charge in [-0.25, -0.2) is 0 Å². The van der Waals surface area contributed by atoms with Crippen molar-refractivity contribution in [3.63, 3.8) is 0 Å². The van der Waals surface area contributed by atoms with Gasteiger partial charge in [-0.05, 0) is 52.6 Å². The Hall–Kier alpha value is 0.620. The van der Waals surface area contributed by atoms with E-state index in [0.717, 1.165) is 18.6 Å². The highest BCUT2D eigenvalue weighted by molar-refractivity contribution is 8.77. The summed E-state index contributed by atoms with van der Waals surface area (Å²) >= 11 is 0. The second-order valence-corrected chi connectivity index (χ2v) is 8.56. The fourth-order valence-corrected chi connectivity index (χ4v) is 4.83. The minimum absolute atomic E-state index is 0.336. The summed E-state index contributed by atoms with van der Waals surface area (Å²) in [4.78, 5) is 2.62. The van der Waals surface area contributed by atoms with Crippen LogP contribution < -0.4 is 0 Å². The highest BCUT2D eigenvalue weighted by atomic mass is 33.1. The summed E-state index contributed by atoms with van der Waals surface area (Å²) in [5, 5.41) is 8.72. The second-order valence-electron chi connectivity index (χ2n) is 5.43. The van der Waals surface area contributed by atoms with Gasteiger partial charge in [-0.2, -0.15) is 0 Å². The molecule has 1 aliphatic heterocycles. The summed E-state index contributed by atoms with van der Waals surface area (Å²) in [5.74, 6) is 1.16. The van der Waals surface area contributed by atoms with Crippen molar-refractivity contribution in [2.45, 2.75) is 50.7 Å². The molecule has 1 rings (SSSR count). The van der Waals surface area contributed by atoms with E-state index < -0.39 is 0 Å². The number of likely N-dealkylation sites (tertiary alicyclic amines) is 1. The van der Waals surface area contributed by atoms with Gasteiger partial charge in [0.2, 0.25) is 0 Å². The molecule has 0 aromatic carbocycles. The lowest BCUT2D eigenvalue weighted by molar-refractivity contribution is 0.215. The molecule has 0 aromatic rings. The Balaban J connectivity index is 2.11. The van der Waals surface area contributed by atoms with Crippen LogP contribution in [0, 0.1) is 0 Å². The Morgan fingerprint density at radius 2 is 1.82 bits per heavy atom. The van der Waals surface area contributed by atoms with E-state index in [2.05, 4.69) is 18.7 Å². The molecule has 2 nitrogen and oxygen atoms in total. The van der Waals surface area contributed by atoms with Gasteiger partial charge in [0.1, 0.15) is 0 Å². The van der Waals surface area contributed by atoms with Crippen LogP contribution in [0.3, 0.4) is 0 Å². The maximum absolute atomic E-state index is 8.72. The van der Waals surface area contributed by atoms with E-state index in [1.165, 1.54) is 38.9 Å². The minimum atomic E-state index is 0.336. The summed E-state index contributed by atoms with van der Waals surface area (Å²) < 4.78 is 0.348. The zero-order chi connectivity index (χ0) is 12.6. The summed E-state index contributed by atoms with van der Waals surface area (Å²) in [5.41, 5.74) is 0. The third-order valence-corrected chi connectivity index (χ3v) is 6.33. The topological polar surface area (TPSA) is 23.5 Å². The van der Waals surface area contributed by atoms with Crippen molar-refractivity contribution in [2.75, 3.05) is 32.0 Å². The van der Waals surface area contributed by atoms with Gasteiger partial charge in [-0.3, -0.25) is 0 Å². The van der Waals surface area contributed by atoms with E-state index in [4.69, 9.17) is 5.11 Å². The number of rotatable bonds is 8. The molecule has 1 fully saturated rings. The number of hydrogen-bond donors (Lipinski definition) is 1. The second kappa shape index (κ2) is 8.68. The quantitative estimate of drug-likeness (QED) is 0.542. The van der Waals surface area contributed by atoms with Crippen LogP contribution in [0.1, 0.15) is 46.0 Å². The molecule has 0 atom stereocenters. The molecule has 1 saturated heterocycles. The highest BCUT2D eigenvalue weighted by Crippen LogP contribution is 2.37. The predicted molar refractivity (Wildman–Crippen MR) is 80.7 cm³/mol. The van der Waals surface area contributed by atoms with Crippen LogP contribution in [0.2, 0.25) is 0 Å². The van der Waals surface area contributed by atoms with E-state index in [-0.39, 0.29) is 0 Å². The highest BCUT2D eigenvalue weighted by Gasteiger charge is 2.23. The zero-order valence-electron chi connectivity index (χ0n) is 11.3. The molecule has 17 heavy (non-hydrogen) atoms. The average molecular weight is 277 g/mol. The number of hydrogen-bond acceptors (Lipinski definition) is 4. The van der Waals surface area contributed by atoms with E-state index in [1.54, 1.807) is 0 Å². The van der Waals surface area contributed by atoms with Crippen molar-refractivity contribution in [2.24, 2.45) is 0 Å². The predicted octanol–water partition coefficient (Wildman–Crippen LogP) is 3.40. The molecular weight excluding hydrogens is 250 g/mol. The van der Waals surface area contributed by atoms with Gasteiger partial charge in [0.05, 0.1) is 0 Å². The Morgan fingerprint density at radius 1 is 1.12 bits per heavy atom. The molecule has 0 saturated carbocycles. The number of aliphatic hydroxyl groups is 1. The molecule has 4 heteroatoms. The lowest BCUT2D eigenvalue weighted by atomic mass is 10.1. The van der Waals surface area contributed by atoms with E-state index >= 15 is 0 Å². The number of unbranched alkanes of at least 4 members (excludes halogenated alkanes) is 1. The molecule has 0 spiro atoms. The van der Waals surface area contributed by atoms with Crippen LogP contribution in [0.15, 0.2) is 0 Å². The standard InChI is InChI=1S/C13H27NOS2/c1-13(2,17-16-11-7-6-10-15)12-14-8-4-3-5-9-14/h15H,3-12H2,1-2H3. The zero-order valence-corrected chi connectivity index (χ0v) is 12.9. The lowest BCUT2D eigenvalue weighted by Gasteiger charge is -2.34. The van der Waals surface area contributed by atoms with Crippen molar-refractivity contribution in [1.82, 2.24) is 4.90 Å². The van der Waals surface area contributed by atoms with Gasteiger partial charge < -0.3 is 10.0 Å². The molecule has 0 aromatic heterocycles. The van der Waals surface area contributed by atoms with Gasteiger partial charge in [-0.15, -0.1) is 0 Å². The van der Waals surface area contributed by atoms with E-state index in [9.17, 15) is 0 Å². The molecule has 102 valence electrons. The smallest absolute Gasteiger partial charge is 0.0431 e. The fraction of sp³-hybridized carbons (Fsp3) is 1.00. The summed E-state index contributed by atoms with van der Waals surface area (Å²) in [6.45, 7) is 8.84. The molecule has 0 aliphatic carbocycles. The third-order valence-electron chi connectivity index (χ3n) is 2.97. The van der Waals surface area contributed by atoms with Crippen molar-refractivity contribution in [3.8, 4) is 0 Å². The molecular formula is C13H27NOS2. The van der Waals surface area contributed by atoms with Gasteiger partial charge in [-0.1, -0.05) is 28.0 Å². The van der Waals surface area contributed by atoms with Crippen LogP contribution >= 0.6 is 21.6 Å². The van der Waals surface area contributed by atoms with Crippen LogP contribution in [-0.2, 0) is 0 Å². The maximum Gasteiger partial charge on any atom is 0.0431 e. The minimum Gasteiger partial charge on any atom is -0.396 e. The molecule has 1 N–H and O–H groups in total. The molecule has 0 amide bonds. The van der Waals surface area contributed by atoms with Gasteiger partial charge >= 0.3 is 0 Å². The first-order chi connectivity index (χ1) is 8.14. The van der Waals surface area contributed by atoms with Crippen molar-refractivity contribution in [1.29, 1.82) is 0 Å². The fourth-order valence-electron chi connectivity index (χ4n) is 2.16. The SMILES string of the molecule is CC(C)(CN1CCCCC1)SSCCCCO. The van der Waals surface area contributed by atoms with E-state index in [0.29, 0.717) is 11.4 Å². The Bertz CT molecular complexity index is 194. The molecule has 1 heterocycles. The molecule has 0 radical (unpaired) electrons. The normalized spacial score (nSPS) is 18.5. The summed E-state index contributed by atoms with van der Waals surface area (Å²) in [6.07, 6.45) is 6.25. The number of piperidine rings is 1. The Morgan fingerprint density at radius 3 is 2.47 bits per heavy atom. The lowest BCUT2D eigenvalue weighted by Crippen LogP contribution is -2.39. The van der Waals surface area contributed by atoms with Gasteiger partial charge in [0.15, 0.2) is 0 Å². The first-order valence-electron chi connectivity index (χ1n) is 6.78. The molecule has 1 aliphatic rings. The Labute approximate surface area is 114 Å². The van der Waals surface area contributed by atoms with Crippen molar-refractivity contribution in [3.05, 3.63) is 0 Å². The van der Waals surface area contributed by atoms with Crippen molar-refractivity contribution < 1.29 is 5.11 Å². The summed E-state index contributed by atoms with van der Waals surface area (Å²) in [6, 6.07) is 0. The van der Waals surface area contributed by atoms with E-state index in [1.807, 2.05) is 21.6 Å². The maximum atomic E-state index is 8.72. The monoisotopic (exact) mass is 277 g/mol. The van der Waals surface area contributed by atoms with Gasteiger partial charge in [0.25, 0.3) is 0 Å². The first kappa shape index (κ1) is 15.7. The van der Waals surface area contributed by atoms with Crippen molar-refractivity contribution >= 4 is 21.6 Å². The Kier molecular flexibility index (Phi) is 8.00. The number of aliphatic hydroxyl groups excluding tert-OH is 1. The van der Waals surface area contributed by atoms with Crippen LogP contribution in [-0.4, -0.2) is 46.7 Å².